The molecule has 4 nitrogen and oxygen atoms in total. The molecule has 6 heteroatoms. The van der Waals surface area contributed by atoms with Gasteiger partial charge in [-0.2, -0.15) is 0 Å². The van der Waals surface area contributed by atoms with Gasteiger partial charge < -0.3 is 10.4 Å². The first-order valence-corrected chi connectivity index (χ1v) is 7.44. The molecule has 2 rings (SSSR count). The number of carboxylic acids is 1. The molecule has 0 atom stereocenters. The lowest BCUT2D eigenvalue weighted by atomic mass is 10.1. The topological polar surface area (TPSA) is 66.4 Å². The Morgan fingerprint density at radius 2 is 1.95 bits per heavy atom. The molecule has 0 spiro atoms. The maximum Gasteiger partial charge on any atom is 0.335 e. The van der Waals surface area contributed by atoms with Crippen molar-refractivity contribution in [1.82, 2.24) is 0 Å². The number of aromatic carboxylic acids is 1. The fourth-order valence-corrected chi connectivity index (χ4v) is 2.65. The second-order valence-electron chi connectivity index (χ2n) is 4.42. The standard InChI is InChI=1S/C15H11ClINO3/c1-8-3-2-4-12(13(8)17)14(19)18-11-6-9(15(20)21)5-10(16)7-11/h2-7H,1H3,(H,18,19)(H,20,21). The third kappa shape index (κ3) is 3.74. The summed E-state index contributed by atoms with van der Waals surface area (Å²) in [5.74, 6) is -1.40. The highest BCUT2D eigenvalue weighted by atomic mass is 127. The Balaban J connectivity index is 2.31. The molecule has 0 fully saturated rings. The molecule has 21 heavy (non-hydrogen) atoms. The lowest BCUT2D eigenvalue weighted by molar-refractivity contribution is 0.0696. The van der Waals surface area contributed by atoms with E-state index in [2.05, 4.69) is 27.9 Å². The van der Waals surface area contributed by atoms with Crippen LogP contribution in [0.25, 0.3) is 0 Å². The minimum Gasteiger partial charge on any atom is -0.478 e. The maximum absolute atomic E-state index is 12.3. The minimum atomic E-state index is -1.10. The Kier molecular flexibility index (Phi) is 4.84. The van der Waals surface area contributed by atoms with Crippen molar-refractivity contribution in [3.05, 3.63) is 61.7 Å². The summed E-state index contributed by atoms with van der Waals surface area (Å²) in [5.41, 5.74) is 1.91. The zero-order valence-electron chi connectivity index (χ0n) is 11.0. The van der Waals surface area contributed by atoms with Crippen LogP contribution in [0, 0.1) is 10.5 Å². The van der Waals surface area contributed by atoms with Crippen molar-refractivity contribution >= 4 is 51.8 Å². The number of nitrogens with one attached hydrogen (secondary N) is 1. The Morgan fingerprint density at radius 1 is 1.24 bits per heavy atom. The molecule has 108 valence electrons. The number of amides is 1. The number of rotatable bonds is 3. The number of anilines is 1. The van der Waals surface area contributed by atoms with E-state index in [0.717, 1.165) is 9.13 Å². The first-order chi connectivity index (χ1) is 9.88. The molecule has 0 aliphatic carbocycles. The van der Waals surface area contributed by atoms with Crippen LogP contribution in [0.1, 0.15) is 26.3 Å². The third-order valence-corrected chi connectivity index (χ3v) is 4.49. The van der Waals surface area contributed by atoms with E-state index in [0.29, 0.717) is 11.3 Å². The summed E-state index contributed by atoms with van der Waals surface area (Å²) in [6.45, 7) is 1.92. The molecule has 2 N–H and O–H groups in total. The molecule has 2 aromatic carbocycles. The first-order valence-electron chi connectivity index (χ1n) is 5.99. The second-order valence-corrected chi connectivity index (χ2v) is 5.94. The van der Waals surface area contributed by atoms with E-state index in [4.69, 9.17) is 16.7 Å². The van der Waals surface area contributed by atoms with Crippen LogP contribution in [0.3, 0.4) is 0 Å². The molecular formula is C15H11ClINO3. The molecule has 0 saturated carbocycles. The molecule has 2 aromatic rings. The van der Waals surface area contributed by atoms with Gasteiger partial charge in [0.05, 0.1) is 11.1 Å². The summed E-state index contributed by atoms with van der Waals surface area (Å²) >= 11 is 7.97. The van der Waals surface area contributed by atoms with Gasteiger partial charge >= 0.3 is 5.97 Å². The highest BCUT2D eigenvalue weighted by Gasteiger charge is 2.13. The van der Waals surface area contributed by atoms with Gasteiger partial charge in [0.2, 0.25) is 0 Å². The normalized spacial score (nSPS) is 10.2. The predicted molar refractivity (Wildman–Crippen MR) is 90.3 cm³/mol. The number of carbonyl (C=O) groups excluding carboxylic acids is 1. The zero-order chi connectivity index (χ0) is 15.6. The molecule has 0 bridgehead atoms. The number of halogens is 2. The molecule has 0 saturated heterocycles. The summed E-state index contributed by atoms with van der Waals surface area (Å²) in [5, 5.41) is 11.9. The largest absolute Gasteiger partial charge is 0.478 e. The van der Waals surface area contributed by atoms with Crippen LogP contribution in [0.5, 0.6) is 0 Å². The van der Waals surface area contributed by atoms with E-state index < -0.39 is 5.97 Å². The Labute approximate surface area is 140 Å². The summed E-state index contributed by atoms with van der Waals surface area (Å²) in [6, 6.07) is 9.64. The highest BCUT2D eigenvalue weighted by molar-refractivity contribution is 14.1. The van der Waals surface area contributed by atoms with Crippen molar-refractivity contribution in [2.24, 2.45) is 0 Å². The average molecular weight is 416 g/mol. The molecule has 0 radical (unpaired) electrons. The lowest BCUT2D eigenvalue weighted by Crippen LogP contribution is -2.14. The molecular weight excluding hydrogens is 405 g/mol. The summed E-state index contributed by atoms with van der Waals surface area (Å²) in [7, 11) is 0. The van der Waals surface area contributed by atoms with Crippen LogP contribution >= 0.6 is 34.2 Å². The van der Waals surface area contributed by atoms with Crippen LogP contribution in [-0.2, 0) is 0 Å². The zero-order valence-corrected chi connectivity index (χ0v) is 13.9. The van der Waals surface area contributed by atoms with Gasteiger partial charge in [-0.05, 0) is 59.3 Å². The van der Waals surface area contributed by atoms with Gasteiger partial charge in [-0.1, -0.05) is 23.7 Å². The SMILES string of the molecule is Cc1cccc(C(=O)Nc2cc(Cl)cc(C(=O)O)c2)c1I. The van der Waals surface area contributed by atoms with Gasteiger partial charge in [0.25, 0.3) is 5.91 Å². The van der Waals surface area contributed by atoms with Crippen molar-refractivity contribution in [3.8, 4) is 0 Å². The Bertz CT molecular complexity index is 731. The predicted octanol–water partition coefficient (Wildman–Crippen LogP) is 4.20. The molecule has 0 aromatic heterocycles. The summed E-state index contributed by atoms with van der Waals surface area (Å²) < 4.78 is 0.855. The smallest absolute Gasteiger partial charge is 0.335 e. The van der Waals surface area contributed by atoms with E-state index in [9.17, 15) is 9.59 Å². The maximum atomic E-state index is 12.3. The average Bonchev–Trinajstić information content (AvgIpc) is 2.41. The van der Waals surface area contributed by atoms with Gasteiger partial charge in [0, 0.05) is 14.3 Å². The van der Waals surface area contributed by atoms with E-state index in [1.165, 1.54) is 18.2 Å². The van der Waals surface area contributed by atoms with Crippen LogP contribution < -0.4 is 5.32 Å². The van der Waals surface area contributed by atoms with Gasteiger partial charge in [0.1, 0.15) is 0 Å². The molecule has 0 heterocycles. The number of aryl methyl sites for hydroxylation is 1. The summed E-state index contributed by atoms with van der Waals surface area (Å²) in [4.78, 5) is 23.3. The molecule has 1 amide bonds. The molecule has 0 aliphatic rings. The summed E-state index contributed by atoms with van der Waals surface area (Å²) in [6.07, 6.45) is 0. The number of carbonyl (C=O) groups is 2. The minimum absolute atomic E-state index is 0.0248. The van der Waals surface area contributed by atoms with Crippen LogP contribution in [0.2, 0.25) is 5.02 Å². The van der Waals surface area contributed by atoms with E-state index in [-0.39, 0.29) is 16.5 Å². The van der Waals surface area contributed by atoms with Crippen molar-refractivity contribution in [1.29, 1.82) is 0 Å². The Hall–Kier alpha value is -1.60. The monoisotopic (exact) mass is 415 g/mol. The third-order valence-electron chi connectivity index (χ3n) is 2.84. The van der Waals surface area contributed by atoms with Crippen molar-refractivity contribution in [2.45, 2.75) is 6.92 Å². The second kappa shape index (κ2) is 6.44. The quantitative estimate of drug-likeness (QED) is 0.738. The highest BCUT2D eigenvalue weighted by Crippen LogP contribution is 2.22. The van der Waals surface area contributed by atoms with E-state index in [1.54, 1.807) is 12.1 Å². The Morgan fingerprint density at radius 3 is 2.62 bits per heavy atom. The fourth-order valence-electron chi connectivity index (χ4n) is 1.81. The fraction of sp³-hybridized carbons (Fsp3) is 0.0667. The van der Waals surface area contributed by atoms with Gasteiger partial charge in [-0.3, -0.25) is 4.79 Å². The van der Waals surface area contributed by atoms with Crippen LogP contribution in [0.4, 0.5) is 5.69 Å². The van der Waals surface area contributed by atoms with E-state index in [1.807, 2.05) is 13.0 Å². The van der Waals surface area contributed by atoms with Gasteiger partial charge in [-0.25, -0.2) is 4.79 Å². The van der Waals surface area contributed by atoms with Crippen molar-refractivity contribution in [2.75, 3.05) is 5.32 Å². The first kappa shape index (κ1) is 15.8. The molecule has 0 unspecified atom stereocenters. The number of hydrogen-bond donors (Lipinski definition) is 2. The van der Waals surface area contributed by atoms with Crippen molar-refractivity contribution in [3.63, 3.8) is 0 Å². The lowest BCUT2D eigenvalue weighted by Gasteiger charge is -2.09. The molecule has 0 aliphatic heterocycles. The van der Waals surface area contributed by atoms with Gasteiger partial charge in [-0.15, -0.1) is 0 Å². The van der Waals surface area contributed by atoms with Crippen LogP contribution in [-0.4, -0.2) is 17.0 Å². The van der Waals surface area contributed by atoms with Gasteiger partial charge in [0.15, 0.2) is 0 Å². The number of carboxylic acid groups (broad SMARTS) is 1. The number of hydrogen-bond acceptors (Lipinski definition) is 2. The van der Waals surface area contributed by atoms with E-state index >= 15 is 0 Å². The number of benzene rings is 2. The van der Waals surface area contributed by atoms with Crippen molar-refractivity contribution < 1.29 is 14.7 Å². The van der Waals surface area contributed by atoms with Crippen LogP contribution in [0.15, 0.2) is 36.4 Å².